The Labute approximate surface area is 175 Å². The summed E-state index contributed by atoms with van der Waals surface area (Å²) < 4.78 is 6.27. The molecule has 3 atom stereocenters. The average molecular weight is 413 g/mol. The minimum atomic E-state index is -0.451. The second kappa shape index (κ2) is 9.64. The zero-order chi connectivity index (χ0) is 21.7. The number of rotatable bonds is 6. The van der Waals surface area contributed by atoms with Crippen LogP contribution in [0.4, 0.5) is 5.69 Å². The number of amides is 2. The second-order valence-electron chi connectivity index (χ2n) is 7.41. The Morgan fingerprint density at radius 2 is 2.20 bits per heavy atom. The van der Waals surface area contributed by atoms with Gasteiger partial charge >= 0.3 is 0 Å². The van der Waals surface area contributed by atoms with Gasteiger partial charge in [-0.05, 0) is 26.1 Å². The van der Waals surface area contributed by atoms with Gasteiger partial charge in [-0.2, -0.15) is 0 Å². The lowest BCUT2D eigenvalue weighted by atomic mass is 9.99. The molecule has 0 saturated carbocycles. The van der Waals surface area contributed by atoms with Crippen molar-refractivity contribution in [3.63, 3.8) is 0 Å². The number of benzene rings is 1. The smallest absolute Gasteiger partial charge is 0.275 e. The molecular weight excluding hydrogens is 386 g/mol. The highest BCUT2D eigenvalue weighted by atomic mass is 16.5. The maximum Gasteiger partial charge on any atom is 0.275 e. The van der Waals surface area contributed by atoms with Gasteiger partial charge in [0.1, 0.15) is 11.8 Å². The molecule has 2 aromatic rings. The average Bonchev–Trinajstić information content (AvgIpc) is 2.76. The van der Waals surface area contributed by atoms with Gasteiger partial charge in [0.05, 0.1) is 30.1 Å². The van der Waals surface area contributed by atoms with E-state index in [9.17, 15) is 14.7 Å². The lowest BCUT2D eigenvalue weighted by Gasteiger charge is -2.37. The molecule has 1 aliphatic rings. The molecule has 0 radical (unpaired) electrons. The highest BCUT2D eigenvalue weighted by Gasteiger charge is 2.33. The molecule has 9 nitrogen and oxygen atoms in total. The van der Waals surface area contributed by atoms with E-state index in [1.807, 2.05) is 14.0 Å². The lowest BCUT2D eigenvalue weighted by Crippen LogP contribution is -2.49. The highest BCUT2D eigenvalue weighted by molar-refractivity contribution is 6.06. The maximum absolute atomic E-state index is 13.3. The first-order chi connectivity index (χ1) is 14.5. The fraction of sp³-hybridized carbons (Fsp3) is 0.429. The fourth-order valence-electron chi connectivity index (χ4n) is 3.39. The van der Waals surface area contributed by atoms with Crippen LogP contribution in [0.5, 0.6) is 5.75 Å². The van der Waals surface area contributed by atoms with Gasteiger partial charge in [-0.1, -0.05) is 13.0 Å². The van der Waals surface area contributed by atoms with Crippen molar-refractivity contribution >= 4 is 17.5 Å². The number of nitrogens with one attached hydrogen (secondary N) is 2. The summed E-state index contributed by atoms with van der Waals surface area (Å²) in [5.41, 5.74) is 0.867. The van der Waals surface area contributed by atoms with Crippen LogP contribution < -0.4 is 15.4 Å². The van der Waals surface area contributed by atoms with E-state index < -0.39 is 5.91 Å². The Morgan fingerprint density at radius 3 is 2.87 bits per heavy atom. The Hall–Kier alpha value is -3.04. The molecule has 0 unspecified atom stereocenters. The fourth-order valence-corrected chi connectivity index (χ4v) is 3.39. The molecule has 1 aliphatic heterocycles. The predicted molar refractivity (Wildman–Crippen MR) is 112 cm³/mol. The molecule has 2 amide bonds. The van der Waals surface area contributed by atoms with Crippen LogP contribution in [0.2, 0.25) is 0 Å². The quantitative estimate of drug-likeness (QED) is 0.651. The standard InChI is InChI=1S/C21H27N5O4/c1-13-11-26(14(2)12-27)21(29)15-5-4-6-16(19(15)30-18(13)10-22-3)25-20(28)17-9-23-7-8-24-17/h4-9,13-14,18,22,27H,10-12H2,1-3H3,(H,25,28)/t13-,14-,18+/m0/s1. The zero-order valence-corrected chi connectivity index (χ0v) is 17.3. The first kappa shape index (κ1) is 21.7. The largest absolute Gasteiger partial charge is 0.486 e. The van der Waals surface area contributed by atoms with Crippen LogP contribution in [0.1, 0.15) is 34.7 Å². The molecule has 0 bridgehead atoms. The number of carbonyl (C=O) groups is 2. The van der Waals surface area contributed by atoms with Crippen LogP contribution in [-0.2, 0) is 0 Å². The molecule has 1 aromatic carbocycles. The monoisotopic (exact) mass is 413 g/mol. The van der Waals surface area contributed by atoms with Gasteiger partial charge < -0.3 is 25.4 Å². The van der Waals surface area contributed by atoms with Crippen LogP contribution in [0.25, 0.3) is 0 Å². The van der Waals surface area contributed by atoms with Crippen molar-refractivity contribution < 1.29 is 19.4 Å². The molecule has 0 aliphatic carbocycles. The summed E-state index contributed by atoms with van der Waals surface area (Å²) in [6.45, 7) is 4.66. The first-order valence-electron chi connectivity index (χ1n) is 9.89. The summed E-state index contributed by atoms with van der Waals surface area (Å²) in [6, 6.07) is 4.69. The summed E-state index contributed by atoms with van der Waals surface area (Å²) >= 11 is 0. The normalized spacial score (nSPS) is 19.9. The summed E-state index contributed by atoms with van der Waals surface area (Å²) in [5, 5.41) is 15.6. The van der Waals surface area contributed by atoms with E-state index in [0.717, 1.165) is 0 Å². The van der Waals surface area contributed by atoms with E-state index in [-0.39, 0.29) is 36.3 Å². The SMILES string of the molecule is CNC[C@H]1Oc2c(NC(=O)c3cnccn3)cccc2C(=O)N([C@@H](C)CO)C[C@@H]1C. The Bertz CT molecular complexity index is 892. The van der Waals surface area contributed by atoms with E-state index in [0.29, 0.717) is 30.1 Å². The topological polar surface area (TPSA) is 117 Å². The van der Waals surface area contributed by atoms with E-state index >= 15 is 0 Å². The molecule has 9 heteroatoms. The number of aliphatic hydroxyl groups excluding tert-OH is 1. The van der Waals surface area contributed by atoms with Crippen molar-refractivity contribution in [1.82, 2.24) is 20.2 Å². The molecule has 0 fully saturated rings. The number of carbonyl (C=O) groups excluding carboxylic acids is 2. The molecule has 3 N–H and O–H groups in total. The molecule has 0 saturated heterocycles. The summed E-state index contributed by atoms with van der Waals surface area (Å²) in [4.78, 5) is 35.5. The highest BCUT2D eigenvalue weighted by Crippen LogP contribution is 2.34. The van der Waals surface area contributed by atoms with Crippen molar-refractivity contribution in [1.29, 1.82) is 0 Å². The molecule has 3 rings (SSSR count). The van der Waals surface area contributed by atoms with Gasteiger partial charge in [-0.3, -0.25) is 14.6 Å². The maximum atomic E-state index is 13.3. The number of aromatic nitrogens is 2. The minimum absolute atomic E-state index is 0.00713. The number of aliphatic hydroxyl groups is 1. The van der Waals surface area contributed by atoms with E-state index in [2.05, 4.69) is 20.6 Å². The summed E-state index contributed by atoms with van der Waals surface area (Å²) in [6.07, 6.45) is 4.04. The zero-order valence-electron chi connectivity index (χ0n) is 17.3. The van der Waals surface area contributed by atoms with Crippen molar-refractivity contribution in [2.24, 2.45) is 5.92 Å². The second-order valence-corrected chi connectivity index (χ2v) is 7.41. The Kier molecular flexibility index (Phi) is 6.96. The molecule has 160 valence electrons. The molecule has 0 spiro atoms. The molecule has 1 aromatic heterocycles. The van der Waals surface area contributed by atoms with E-state index in [4.69, 9.17) is 4.74 Å². The number of anilines is 1. The summed E-state index contributed by atoms with van der Waals surface area (Å²) in [5.74, 6) is -0.403. The van der Waals surface area contributed by atoms with Crippen LogP contribution in [0.3, 0.4) is 0 Å². The number of para-hydroxylation sites is 1. The molecule has 2 heterocycles. The number of likely N-dealkylation sites (N-methyl/N-ethyl adjacent to an activating group) is 1. The van der Waals surface area contributed by atoms with Crippen LogP contribution in [0.15, 0.2) is 36.8 Å². The lowest BCUT2D eigenvalue weighted by molar-refractivity contribution is 0.0417. The van der Waals surface area contributed by atoms with Gasteiger partial charge in [-0.15, -0.1) is 0 Å². The first-order valence-corrected chi connectivity index (χ1v) is 9.89. The van der Waals surface area contributed by atoms with Crippen LogP contribution in [-0.4, -0.2) is 70.7 Å². The minimum Gasteiger partial charge on any atom is -0.486 e. The molecular formula is C21H27N5O4. The van der Waals surface area contributed by atoms with Crippen molar-refractivity contribution in [2.75, 3.05) is 32.1 Å². The van der Waals surface area contributed by atoms with E-state index in [1.165, 1.54) is 18.6 Å². The van der Waals surface area contributed by atoms with Crippen molar-refractivity contribution in [2.45, 2.75) is 26.0 Å². The van der Waals surface area contributed by atoms with Gasteiger partial charge in [0.2, 0.25) is 0 Å². The number of nitrogens with zero attached hydrogens (tertiary/aromatic N) is 3. The van der Waals surface area contributed by atoms with Gasteiger partial charge in [0, 0.05) is 31.4 Å². The van der Waals surface area contributed by atoms with Crippen LogP contribution in [0, 0.1) is 5.92 Å². The number of hydrogen-bond donors (Lipinski definition) is 3. The number of ether oxygens (including phenoxy) is 1. The number of fused-ring (bicyclic) bond motifs is 1. The van der Waals surface area contributed by atoms with Gasteiger partial charge in [0.15, 0.2) is 5.75 Å². The van der Waals surface area contributed by atoms with Crippen molar-refractivity contribution in [3.8, 4) is 5.75 Å². The summed E-state index contributed by atoms with van der Waals surface area (Å²) in [7, 11) is 1.83. The third-order valence-electron chi connectivity index (χ3n) is 5.14. The Morgan fingerprint density at radius 1 is 1.40 bits per heavy atom. The third-order valence-corrected chi connectivity index (χ3v) is 5.14. The van der Waals surface area contributed by atoms with Crippen LogP contribution >= 0.6 is 0 Å². The third kappa shape index (κ3) is 4.58. The Balaban J connectivity index is 2.03. The van der Waals surface area contributed by atoms with Gasteiger partial charge in [-0.25, -0.2) is 4.98 Å². The number of hydrogen-bond acceptors (Lipinski definition) is 7. The molecule has 30 heavy (non-hydrogen) atoms. The van der Waals surface area contributed by atoms with E-state index in [1.54, 1.807) is 30.0 Å². The van der Waals surface area contributed by atoms with Crippen molar-refractivity contribution in [3.05, 3.63) is 48.0 Å². The predicted octanol–water partition coefficient (Wildman–Crippen LogP) is 1.17. The van der Waals surface area contributed by atoms with Gasteiger partial charge in [0.25, 0.3) is 11.8 Å².